The van der Waals surface area contributed by atoms with Gasteiger partial charge in [0.25, 0.3) is 0 Å². The van der Waals surface area contributed by atoms with Crippen LogP contribution in [0.25, 0.3) is 5.57 Å². The molecule has 2 aromatic carbocycles. The highest BCUT2D eigenvalue weighted by Gasteiger charge is 2.19. The summed E-state index contributed by atoms with van der Waals surface area (Å²) in [5, 5.41) is 0. The minimum atomic E-state index is 1.24. The smallest absolute Gasteiger partial charge is 0.0486 e. The normalized spacial score (nSPS) is 15.0. The average molecular weight is 327 g/mol. The predicted octanol–water partition coefficient (Wildman–Crippen LogP) is 6.20. The van der Waals surface area contributed by atoms with Gasteiger partial charge in [0, 0.05) is 9.81 Å². The van der Waals surface area contributed by atoms with Crippen LogP contribution in [0.2, 0.25) is 0 Å². The lowest BCUT2D eigenvalue weighted by Crippen LogP contribution is -2.01. The molecule has 1 aliphatic heterocycles. The summed E-state index contributed by atoms with van der Waals surface area (Å²) in [5.41, 5.74) is 8.32. The Bertz CT molecular complexity index is 668. The number of aryl methyl sites for hydroxylation is 3. The van der Waals surface area contributed by atoms with Crippen LogP contribution in [-0.2, 0) is 0 Å². The molecule has 0 aliphatic carbocycles. The van der Waals surface area contributed by atoms with Gasteiger partial charge in [-0.1, -0.05) is 48.0 Å². The molecule has 1 aliphatic rings. The molecule has 0 bridgehead atoms. The molecule has 0 radical (unpaired) electrons. The van der Waals surface area contributed by atoms with Crippen molar-refractivity contribution in [1.82, 2.24) is 0 Å². The van der Waals surface area contributed by atoms with Gasteiger partial charge in [0.15, 0.2) is 0 Å². The molecule has 1 fully saturated rings. The Balaban J connectivity index is 2.23. The number of hydrogen-bond donors (Lipinski definition) is 0. The molecule has 0 spiro atoms. The second-order valence-corrected chi connectivity index (χ2v) is 8.32. The second-order valence-electron chi connectivity index (χ2n) is 5.85. The van der Waals surface area contributed by atoms with Gasteiger partial charge in [-0.05, 0) is 61.0 Å². The highest BCUT2D eigenvalue weighted by molar-refractivity contribution is 8.23. The van der Waals surface area contributed by atoms with Gasteiger partial charge in [-0.2, -0.15) is 0 Å². The van der Waals surface area contributed by atoms with E-state index in [2.05, 4.69) is 63.2 Å². The SMILES string of the molecule is Cc1cc(C)c(C(=C2SCCCS2)c2ccccc2)c(C)c1. The lowest BCUT2D eigenvalue weighted by atomic mass is 9.90. The summed E-state index contributed by atoms with van der Waals surface area (Å²) in [4.78, 5) is 0. The van der Waals surface area contributed by atoms with E-state index in [1.165, 1.54) is 55.6 Å². The minimum Gasteiger partial charge on any atom is -0.119 e. The zero-order chi connectivity index (χ0) is 15.5. The molecule has 114 valence electrons. The maximum absolute atomic E-state index is 2.31. The first kappa shape index (κ1) is 15.8. The molecule has 0 N–H and O–H groups in total. The van der Waals surface area contributed by atoms with E-state index in [4.69, 9.17) is 0 Å². The van der Waals surface area contributed by atoms with Crippen LogP contribution in [0.5, 0.6) is 0 Å². The van der Waals surface area contributed by atoms with Crippen molar-refractivity contribution in [1.29, 1.82) is 0 Å². The number of hydrogen-bond acceptors (Lipinski definition) is 2. The van der Waals surface area contributed by atoms with E-state index >= 15 is 0 Å². The molecule has 22 heavy (non-hydrogen) atoms. The Morgan fingerprint density at radius 2 is 1.45 bits per heavy atom. The van der Waals surface area contributed by atoms with Gasteiger partial charge in [-0.3, -0.25) is 0 Å². The standard InChI is InChI=1S/C20H22S2/c1-14-12-15(2)18(16(3)13-14)19(17-8-5-4-6-9-17)20-21-10-7-11-22-20/h4-6,8-9,12-13H,7,10-11H2,1-3H3. The van der Waals surface area contributed by atoms with Crippen LogP contribution >= 0.6 is 23.5 Å². The molecule has 2 aromatic rings. The van der Waals surface area contributed by atoms with Gasteiger partial charge in [-0.25, -0.2) is 0 Å². The third-order valence-electron chi connectivity index (χ3n) is 3.95. The largest absolute Gasteiger partial charge is 0.119 e. The molecule has 1 saturated heterocycles. The zero-order valence-electron chi connectivity index (χ0n) is 13.5. The lowest BCUT2D eigenvalue weighted by Gasteiger charge is -2.22. The quantitative estimate of drug-likeness (QED) is 0.644. The molecule has 2 heteroatoms. The highest BCUT2D eigenvalue weighted by Crippen LogP contribution is 2.44. The molecular formula is C20H22S2. The van der Waals surface area contributed by atoms with E-state index in [9.17, 15) is 0 Å². The molecule has 0 nitrogen and oxygen atoms in total. The Morgan fingerprint density at radius 1 is 0.864 bits per heavy atom. The zero-order valence-corrected chi connectivity index (χ0v) is 15.1. The second kappa shape index (κ2) is 6.97. The van der Waals surface area contributed by atoms with Gasteiger partial charge in [-0.15, -0.1) is 23.5 Å². The summed E-state index contributed by atoms with van der Waals surface area (Å²) in [5.74, 6) is 2.48. The topological polar surface area (TPSA) is 0 Å². The number of rotatable bonds is 2. The molecule has 1 heterocycles. The Morgan fingerprint density at radius 3 is 2.05 bits per heavy atom. The van der Waals surface area contributed by atoms with Crippen LogP contribution in [-0.4, -0.2) is 11.5 Å². The number of thioether (sulfide) groups is 2. The van der Waals surface area contributed by atoms with Crippen molar-refractivity contribution in [2.75, 3.05) is 11.5 Å². The van der Waals surface area contributed by atoms with Gasteiger partial charge < -0.3 is 0 Å². The summed E-state index contributed by atoms with van der Waals surface area (Å²) in [6.07, 6.45) is 1.31. The van der Waals surface area contributed by atoms with Crippen molar-refractivity contribution in [3.05, 3.63) is 74.5 Å². The minimum absolute atomic E-state index is 1.24. The Hall–Kier alpha value is -1.12. The van der Waals surface area contributed by atoms with Crippen LogP contribution in [0.15, 0.2) is 46.7 Å². The summed E-state index contributed by atoms with van der Waals surface area (Å²) in [6.45, 7) is 6.68. The fraction of sp³-hybridized carbons (Fsp3) is 0.300. The molecule has 0 unspecified atom stereocenters. The molecule has 0 amide bonds. The summed E-state index contributed by atoms with van der Waals surface area (Å²) >= 11 is 4.05. The summed E-state index contributed by atoms with van der Waals surface area (Å²) in [6, 6.07) is 15.5. The predicted molar refractivity (Wildman–Crippen MR) is 103 cm³/mol. The van der Waals surface area contributed by atoms with Gasteiger partial charge in [0.1, 0.15) is 0 Å². The fourth-order valence-corrected chi connectivity index (χ4v) is 5.81. The van der Waals surface area contributed by atoms with Gasteiger partial charge in [0.2, 0.25) is 0 Å². The maximum Gasteiger partial charge on any atom is 0.0486 e. The Kier molecular flexibility index (Phi) is 5.00. The van der Waals surface area contributed by atoms with Crippen LogP contribution in [0.1, 0.15) is 34.2 Å². The first-order chi connectivity index (χ1) is 10.7. The lowest BCUT2D eigenvalue weighted by molar-refractivity contribution is 1.12. The van der Waals surface area contributed by atoms with Crippen molar-refractivity contribution >= 4 is 29.1 Å². The van der Waals surface area contributed by atoms with Crippen LogP contribution in [0.3, 0.4) is 0 Å². The molecule has 0 aromatic heterocycles. The van der Waals surface area contributed by atoms with E-state index < -0.39 is 0 Å². The fourth-order valence-electron chi connectivity index (χ4n) is 3.12. The molecular weight excluding hydrogens is 304 g/mol. The van der Waals surface area contributed by atoms with E-state index in [1.807, 2.05) is 23.5 Å². The molecule has 3 rings (SSSR count). The van der Waals surface area contributed by atoms with Crippen molar-refractivity contribution in [3.63, 3.8) is 0 Å². The third kappa shape index (κ3) is 3.28. The van der Waals surface area contributed by atoms with Gasteiger partial charge in [0.05, 0.1) is 0 Å². The first-order valence-corrected chi connectivity index (χ1v) is 9.77. The van der Waals surface area contributed by atoms with Gasteiger partial charge >= 0.3 is 0 Å². The van der Waals surface area contributed by atoms with Crippen molar-refractivity contribution in [3.8, 4) is 0 Å². The van der Waals surface area contributed by atoms with Crippen molar-refractivity contribution in [2.45, 2.75) is 27.2 Å². The maximum atomic E-state index is 2.31. The van der Waals surface area contributed by atoms with E-state index in [-0.39, 0.29) is 0 Å². The highest BCUT2D eigenvalue weighted by atomic mass is 32.2. The average Bonchev–Trinajstić information content (AvgIpc) is 2.52. The van der Waals surface area contributed by atoms with Crippen molar-refractivity contribution in [2.24, 2.45) is 0 Å². The van der Waals surface area contributed by atoms with Crippen LogP contribution in [0.4, 0.5) is 0 Å². The monoisotopic (exact) mass is 326 g/mol. The first-order valence-electron chi connectivity index (χ1n) is 7.80. The molecule has 0 saturated carbocycles. The van der Waals surface area contributed by atoms with Crippen molar-refractivity contribution < 1.29 is 0 Å². The number of benzene rings is 2. The Labute approximate surface area is 142 Å². The van der Waals surface area contributed by atoms with Crippen LogP contribution in [0, 0.1) is 20.8 Å². The van der Waals surface area contributed by atoms with Crippen LogP contribution < -0.4 is 0 Å². The van der Waals surface area contributed by atoms with E-state index in [1.54, 1.807) is 0 Å². The molecule has 0 atom stereocenters. The summed E-state index contributed by atoms with van der Waals surface area (Å²) in [7, 11) is 0. The summed E-state index contributed by atoms with van der Waals surface area (Å²) < 4.78 is 1.49. The third-order valence-corrected chi connectivity index (χ3v) is 6.57. The van der Waals surface area contributed by atoms with E-state index in [0.717, 1.165) is 0 Å². The van der Waals surface area contributed by atoms with E-state index in [0.29, 0.717) is 0 Å².